The van der Waals surface area contributed by atoms with E-state index in [4.69, 9.17) is 11.6 Å². The zero-order valence-electron chi connectivity index (χ0n) is 10.6. The van der Waals surface area contributed by atoms with Crippen molar-refractivity contribution in [1.82, 2.24) is 15.2 Å². The highest BCUT2D eigenvalue weighted by Crippen LogP contribution is 2.47. The van der Waals surface area contributed by atoms with Gasteiger partial charge in [-0.3, -0.25) is 10.1 Å². The van der Waals surface area contributed by atoms with E-state index in [-0.39, 0.29) is 0 Å². The van der Waals surface area contributed by atoms with E-state index < -0.39 is 0 Å². The monoisotopic (exact) mass is 301 g/mol. The Morgan fingerprint density at radius 3 is 2.60 bits per heavy atom. The highest BCUT2D eigenvalue weighted by atomic mass is 35.5. The second kappa shape index (κ2) is 4.72. The SMILES string of the molecule is Clc1ccc(-c2n[nH]c(C3CC3)c2-c2ccncc2)s1. The lowest BCUT2D eigenvalue weighted by atomic mass is 10.0. The van der Waals surface area contributed by atoms with Crippen LogP contribution in [0.2, 0.25) is 4.34 Å². The maximum atomic E-state index is 6.06. The number of pyridine rings is 1. The summed E-state index contributed by atoms with van der Waals surface area (Å²) in [7, 11) is 0. The second-order valence-electron chi connectivity index (χ2n) is 4.97. The maximum Gasteiger partial charge on any atom is 0.110 e. The number of aromatic amines is 1. The van der Waals surface area contributed by atoms with Gasteiger partial charge in [-0.15, -0.1) is 11.3 Å². The van der Waals surface area contributed by atoms with Crippen LogP contribution >= 0.6 is 22.9 Å². The van der Waals surface area contributed by atoms with Crippen LogP contribution in [0.5, 0.6) is 0 Å². The Morgan fingerprint density at radius 2 is 1.95 bits per heavy atom. The molecule has 1 saturated carbocycles. The van der Waals surface area contributed by atoms with Crippen LogP contribution in [0.3, 0.4) is 0 Å². The number of hydrogen-bond acceptors (Lipinski definition) is 3. The van der Waals surface area contributed by atoms with E-state index in [1.54, 1.807) is 11.3 Å². The zero-order valence-corrected chi connectivity index (χ0v) is 12.2. The molecule has 1 aliphatic rings. The number of rotatable bonds is 3. The fourth-order valence-corrected chi connectivity index (χ4v) is 3.49. The van der Waals surface area contributed by atoms with Crippen LogP contribution in [0, 0.1) is 0 Å². The first kappa shape index (κ1) is 12.1. The Hall–Kier alpha value is -1.65. The lowest BCUT2D eigenvalue weighted by Crippen LogP contribution is -1.86. The molecule has 1 aliphatic carbocycles. The van der Waals surface area contributed by atoms with Crippen LogP contribution in [0.1, 0.15) is 24.5 Å². The lowest BCUT2D eigenvalue weighted by molar-refractivity contribution is 0.968. The fourth-order valence-electron chi connectivity index (χ4n) is 2.45. The van der Waals surface area contributed by atoms with E-state index in [0.29, 0.717) is 5.92 Å². The van der Waals surface area contributed by atoms with Crippen molar-refractivity contribution in [2.75, 3.05) is 0 Å². The molecule has 3 heterocycles. The van der Waals surface area contributed by atoms with Gasteiger partial charge in [0.1, 0.15) is 5.69 Å². The van der Waals surface area contributed by atoms with Crippen LogP contribution in [0.4, 0.5) is 0 Å². The highest BCUT2D eigenvalue weighted by Gasteiger charge is 2.30. The molecule has 3 nitrogen and oxygen atoms in total. The number of aromatic nitrogens is 3. The van der Waals surface area contributed by atoms with E-state index >= 15 is 0 Å². The third-order valence-electron chi connectivity index (χ3n) is 3.56. The van der Waals surface area contributed by atoms with E-state index in [1.165, 1.54) is 24.1 Å². The average molecular weight is 302 g/mol. The number of nitrogens with one attached hydrogen (secondary N) is 1. The van der Waals surface area contributed by atoms with Gasteiger partial charge in [0.2, 0.25) is 0 Å². The number of hydrogen-bond donors (Lipinski definition) is 1. The minimum Gasteiger partial charge on any atom is -0.281 e. The maximum absolute atomic E-state index is 6.06. The van der Waals surface area contributed by atoms with E-state index in [9.17, 15) is 0 Å². The van der Waals surface area contributed by atoms with Gasteiger partial charge in [0, 0.05) is 29.6 Å². The average Bonchev–Trinajstić information content (AvgIpc) is 3.08. The van der Waals surface area contributed by atoms with Crippen molar-refractivity contribution in [3.05, 3.63) is 46.7 Å². The summed E-state index contributed by atoms with van der Waals surface area (Å²) in [6.07, 6.45) is 6.13. The summed E-state index contributed by atoms with van der Waals surface area (Å²) >= 11 is 7.62. The number of nitrogens with zero attached hydrogens (tertiary/aromatic N) is 2. The molecular weight excluding hydrogens is 290 g/mol. The molecule has 0 bridgehead atoms. The van der Waals surface area contributed by atoms with E-state index in [1.807, 2.05) is 36.7 Å². The van der Waals surface area contributed by atoms with Crippen molar-refractivity contribution >= 4 is 22.9 Å². The molecule has 0 unspecified atom stereocenters. The molecule has 1 fully saturated rings. The number of thiophene rings is 1. The molecule has 0 aliphatic heterocycles. The topological polar surface area (TPSA) is 41.6 Å². The van der Waals surface area contributed by atoms with Crippen LogP contribution in [0.25, 0.3) is 21.7 Å². The van der Waals surface area contributed by atoms with Gasteiger partial charge < -0.3 is 0 Å². The third-order valence-corrected chi connectivity index (χ3v) is 4.79. The van der Waals surface area contributed by atoms with Crippen molar-refractivity contribution in [3.8, 4) is 21.7 Å². The normalized spacial score (nSPS) is 14.7. The summed E-state index contributed by atoms with van der Waals surface area (Å²) in [5, 5.41) is 7.78. The highest BCUT2D eigenvalue weighted by molar-refractivity contribution is 7.19. The van der Waals surface area contributed by atoms with Crippen molar-refractivity contribution in [2.45, 2.75) is 18.8 Å². The van der Waals surface area contributed by atoms with Gasteiger partial charge in [0.25, 0.3) is 0 Å². The summed E-state index contributed by atoms with van der Waals surface area (Å²) < 4.78 is 0.789. The largest absolute Gasteiger partial charge is 0.281 e. The predicted octanol–water partition coefficient (Wildman–Crippen LogP) is 4.73. The first-order valence-corrected chi connectivity index (χ1v) is 7.77. The van der Waals surface area contributed by atoms with E-state index in [0.717, 1.165) is 20.5 Å². The molecule has 0 atom stereocenters. The van der Waals surface area contributed by atoms with Gasteiger partial charge in [0.15, 0.2) is 0 Å². The molecule has 0 saturated heterocycles. The van der Waals surface area contributed by atoms with Crippen molar-refractivity contribution in [2.24, 2.45) is 0 Å². The van der Waals surface area contributed by atoms with Crippen molar-refractivity contribution < 1.29 is 0 Å². The molecule has 3 aromatic rings. The molecular formula is C15H12ClN3S. The standard InChI is InChI=1S/C15H12ClN3S/c16-12-4-3-11(20-12)15-13(9-5-7-17-8-6-9)14(18-19-15)10-1-2-10/h3-8,10H,1-2H2,(H,18,19). The molecule has 0 spiro atoms. The molecule has 3 aromatic heterocycles. The minimum absolute atomic E-state index is 0.620. The molecule has 1 N–H and O–H groups in total. The summed E-state index contributed by atoms with van der Waals surface area (Å²) in [5.41, 5.74) is 4.61. The number of H-pyrrole nitrogens is 1. The Labute approximate surface area is 125 Å². The lowest BCUT2D eigenvalue weighted by Gasteiger charge is -2.04. The Balaban J connectivity index is 1.91. The van der Waals surface area contributed by atoms with E-state index in [2.05, 4.69) is 15.2 Å². The van der Waals surface area contributed by atoms with Gasteiger partial charge >= 0.3 is 0 Å². The van der Waals surface area contributed by atoms with Crippen LogP contribution in [-0.4, -0.2) is 15.2 Å². The summed E-state index contributed by atoms with van der Waals surface area (Å²) in [6, 6.07) is 8.03. The Morgan fingerprint density at radius 1 is 1.15 bits per heavy atom. The summed E-state index contributed by atoms with van der Waals surface area (Å²) in [6.45, 7) is 0. The fraction of sp³-hybridized carbons (Fsp3) is 0.200. The zero-order chi connectivity index (χ0) is 13.5. The summed E-state index contributed by atoms with van der Waals surface area (Å²) in [4.78, 5) is 5.20. The quantitative estimate of drug-likeness (QED) is 0.759. The first-order valence-electron chi connectivity index (χ1n) is 6.57. The third kappa shape index (κ3) is 2.05. The Kier molecular flexibility index (Phi) is 2.86. The molecule has 0 aromatic carbocycles. The smallest absolute Gasteiger partial charge is 0.110 e. The molecule has 20 heavy (non-hydrogen) atoms. The van der Waals surface area contributed by atoms with Crippen LogP contribution < -0.4 is 0 Å². The predicted molar refractivity (Wildman–Crippen MR) is 82.1 cm³/mol. The van der Waals surface area contributed by atoms with Crippen LogP contribution in [0.15, 0.2) is 36.7 Å². The van der Waals surface area contributed by atoms with Gasteiger partial charge in [-0.25, -0.2) is 0 Å². The number of halogens is 1. The minimum atomic E-state index is 0.620. The molecule has 4 rings (SSSR count). The second-order valence-corrected chi connectivity index (χ2v) is 6.69. The molecule has 5 heteroatoms. The summed E-state index contributed by atoms with van der Waals surface area (Å²) in [5.74, 6) is 0.620. The molecule has 0 amide bonds. The van der Waals surface area contributed by atoms with Crippen LogP contribution in [-0.2, 0) is 0 Å². The first-order chi connectivity index (χ1) is 9.83. The molecule has 100 valence electrons. The van der Waals surface area contributed by atoms with Gasteiger partial charge in [-0.1, -0.05) is 11.6 Å². The van der Waals surface area contributed by atoms with Crippen molar-refractivity contribution in [3.63, 3.8) is 0 Å². The Bertz CT molecular complexity index is 744. The van der Waals surface area contributed by atoms with Crippen molar-refractivity contribution in [1.29, 1.82) is 0 Å². The molecule has 0 radical (unpaired) electrons. The van der Waals surface area contributed by atoms with Gasteiger partial charge in [-0.2, -0.15) is 5.10 Å². The van der Waals surface area contributed by atoms with Gasteiger partial charge in [0.05, 0.1) is 9.21 Å². The van der Waals surface area contributed by atoms with Gasteiger partial charge in [-0.05, 0) is 42.7 Å².